The summed E-state index contributed by atoms with van der Waals surface area (Å²) >= 11 is 0. The lowest BCUT2D eigenvalue weighted by Crippen LogP contribution is -2.42. The molecule has 2 rings (SSSR count). The van der Waals surface area contributed by atoms with Crippen molar-refractivity contribution in [1.29, 1.82) is 0 Å². The molecule has 7 heteroatoms. The molecule has 0 amide bonds. The van der Waals surface area contributed by atoms with Crippen molar-refractivity contribution in [3.05, 3.63) is 29.6 Å². The Balaban J connectivity index is 1.90. The molecule has 0 aliphatic carbocycles. The van der Waals surface area contributed by atoms with E-state index < -0.39 is 11.9 Å². The maximum Gasteiger partial charge on any atom is 0.433 e. The molecule has 0 unspecified atom stereocenters. The summed E-state index contributed by atoms with van der Waals surface area (Å²) in [4.78, 5) is 9.96. The highest BCUT2D eigenvalue weighted by Gasteiger charge is 2.32. The third-order valence-electron chi connectivity index (χ3n) is 3.04. The van der Waals surface area contributed by atoms with Gasteiger partial charge in [-0.25, -0.2) is 4.98 Å². The molecule has 0 spiro atoms. The highest BCUT2D eigenvalue weighted by Crippen LogP contribution is 2.27. The van der Waals surface area contributed by atoms with Crippen LogP contribution in [0.25, 0.3) is 0 Å². The van der Waals surface area contributed by atoms with Crippen LogP contribution in [0.3, 0.4) is 0 Å². The number of halogens is 3. The predicted molar refractivity (Wildman–Crippen MR) is 70.5 cm³/mol. The Hall–Kier alpha value is -1.79. The van der Waals surface area contributed by atoms with Gasteiger partial charge in [0.1, 0.15) is 5.69 Å². The van der Waals surface area contributed by atoms with Crippen molar-refractivity contribution < 1.29 is 13.2 Å². The number of pyridine rings is 1. The lowest BCUT2D eigenvalue weighted by Gasteiger charge is -2.25. The van der Waals surface area contributed by atoms with Gasteiger partial charge in [-0.2, -0.15) is 13.2 Å². The summed E-state index contributed by atoms with van der Waals surface area (Å²) in [6.07, 6.45) is -2.94. The third-order valence-corrected chi connectivity index (χ3v) is 3.04. The molecule has 20 heavy (non-hydrogen) atoms. The summed E-state index contributed by atoms with van der Waals surface area (Å²) < 4.78 is 37.6. The maximum atomic E-state index is 12.5. The minimum atomic E-state index is -4.39. The van der Waals surface area contributed by atoms with Crippen LogP contribution in [-0.2, 0) is 12.6 Å². The lowest BCUT2D eigenvalue weighted by atomic mass is 10.2. The van der Waals surface area contributed by atoms with E-state index in [1.54, 1.807) is 6.07 Å². The molecule has 110 valence electrons. The molecule has 0 fully saturated rings. The number of guanidine groups is 1. The van der Waals surface area contributed by atoms with Crippen molar-refractivity contribution in [1.82, 2.24) is 15.2 Å². The summed E-state index contributed by atoms with van der Waals surface area (Å²) in [6, 6.07) is 3.97. The summed E-state index contributed by atoms with van der Waals surface area (Å²) in [7, 11) is 1.94. The zero-order valence-corrected chi connectivity index (χ0v) is 11.2. The second kappa shape index (κ2) is 6.11. The van der Waals surface area contributed by atoms with Gasteiger partial charge in [0.25, 0.3) is 0 Å². The molecule has 0 bridgehead atoms. The van der Waals surface area contributed by atoms with Crippen molar-refractivity contribution in [3.8, 4) is 0 Å². The molecular formula is C13H17F3N4. The van der Waals surface area contributed by atoms with Crippen LogP contribution in [0, 0.1) is 0 Å². The van der Waals surface area contributed by atoms with Gasteiger partial charge >= 0.3 is 6.18 Å². The summed E-state index contributed by atoms with van der Waals surface area (Å²) in [5.74, 6) is 0.795. The normalized spacial score (nSPS) is 16.0. The van der Waals surface area contributed by atoms with Gasteiger partial charge in [0.15, 0.2) is 5.96 Å². The average molecular weight is 286 g/mol. The average Bonchev–Trinajstić information content (AvgIpc) is 2.40. The molecule has 1 N–H and O–H groups in total. The highest BCUT2D eigenvalue weighted by molar-refractivity contribution is 5.80. The molecule has 0 aromatic carbocycles. The molecule has 0 atom stereocenters. The molecule has 2 heterocycles. The fourth-order valence-corrected chi connectivity index (χ4v) is 1.99. The Morgan fingerprint density at radius 3 is 2.85 bits per heavy atom. The summed E-state index contributed by atoms with van der Waals surface area (Å²) in [5.41, 5.74) is -0.423. The number of hydrogen-bond donors (Lipinski definition) is 1. The molecule has 1 aliphatic heterocycles. The topological polar surface area (TPSA) is 40.5 Å². The number of hydrogen-bond acceptors (Lipinski definition) is 4. The van der Waals surface area contributed by atoms with Crippen molar-refractivity contribution in [3.63, 3.8) is 0 Å². The zero-order chi connectivity index (χ0) is 14.6. The van der Waals surface area contributed by atoms with Crippen molar-refractivity contribution >= 4 is 5.96 Å². The molecule has 1 aromatic rings. The van der Waals surface area contributed by atoms with Crippen LogP contribution in [0.1, 0.15) is 17.8 Å². The second-order valence-electron chi connectivity index (χ2n) is 4.67. The monoisotopic (exact) mass is 286 g/mol. The van der Waals surface area contributed by atoms with E-state index in [9.17, 15) is 13.2 Å². The Kier molecular flexibility index (Phi) is 4.46. The highest BCUT2D eigenvalue weighted by atomic mass is 19.4. The van der Waals surface area contributed by atoms with E-state index in [1.807, 2.05) is 11.9 Å². The molecule has 0 radical (unpaired) electrons. The number of rotatable bonds is 3. The SMILES string of the molecule is CN1CCCN=C1NCCc1cccc(C(F)(F)F)n1. The number of aliphatic imine (C=N–C) groups is 1. The van der Waals surface area contributed by atoms with Gasteiger partial charge in [-0.15, -0.1) is 0 Å². The van der Waals surface area contributed by atoms with E-state index in [1.165, 1.54) is 6.07 Å². The van der Waals surface area contributed by atoms with E-state index in [0.717, 1.165) is 31.5 Å². The van der Waals surface area contributed by atoms with Gasteiger partial charge in [-0.3, -0.25) is 4.99 Å². The molecule has 1 aromatic heterocycles. The number of alkyl halides is 3. The van der Waals surface area contributed by atoms with Gasteiger partial charge in [0, 0.05) is 38.8 Å². The van der Waals surface area contributed by atoms with Gasteiger partial charge in [-0.1, -0.05) is 6.07 Å². The minimum Gasteiger partial charge on any atom is -0.356 e. The quantitative estimate of drug-likeness (QED) is 0.923. The van der Waals surface area contributed by atoms with Crippen LogP contribution in [0.15, 0.2) is 23.2 Å². The van der Waals surface area contributed by atoms with Crippen molar-refractivity contribution in [2.75, 3.05) is 26.7 Å². The van der Waals surface area contributed by atoms with Crippen LogP contribution < -0.4 is 5.32 Å². The van der Waals surface area contributed by atoms with E-state index >= 15 is 0 Å². The van der Waals surface area contributed by atoms with Crippen LogP contribution in [-0.4, -0.2) is 42.5 Å². The van der Waals surface area contributed by atoms with Crippen molar-refractivity contribution in [2.24, 2.45) is 4.99 Å². The van der Waals surface area contributed by atoms with Crippen LogP contribution in [0.4, 0.5) is 13.2 Å². The Morgan fingerprint density at radius 2 is 2.15 bits per heavy atom. The number of nitrogens with zero attached hydrogens (tertiary/aromatic N) is 3. The smallest absolute Gasteiger partial charge is 0.356 e. The Morgan fingerprint density at radius 1 is 1.35 bits per heavy atom. The predicted octanol–water partition coefficient (Wildman–Crippen LogP) is 1.92. The van der Waals surface area contributed by atoms with E-state index in [-0.39, 0.29) is 0 Å². The third kappa shape index (κ3) is 3.85. The molecule has 0 saturated carbocycles. The fraction of sp³-hybridized carbons (Fsp3) is 0.538. The van der Waals surface area contributed by atoms with E-state index in [0.29, 0.717) is 18.7 Å². The first-order chi connectivity index (χ1) is 9.47. The minimum absolute atomic E-state index is 0.423. The van der Waals surface area contributed by atoms with Gasteiger partial charge in [-0.05, 0) is 18.6 Å². The largest absolute Gasteiger partial charge is 0.433 e. The van der Waals surface area contributed by atoms with Crippen LogP contribution in [0.5, 0.6) is 0 Å². The molecule has 4 nitrogen and oxygen atoms in total. The first kappa shape index (κ1) is 14.6. The standard InChI is InChI=1S/C13H17F3N4/c1-20-9-3-7-17-12(20)18-8-6-10-4-2-5-11(19-10)13(14,15)16/h2,4-5H,3,6-9H2,1H3,(H,17,18). The van der Waals surface area contributed by atoms with Crippen LogP contribution >= 0.6 is 0 Å². The molecular weight excluding hydrogens is 269 g/mol. The fourth-order valence-electron chi connectivity index (χ4n) is 1.99. The first-order valence-electron chi connectivity index (χ1n) is 6.49. The van der Waals surface area contributed by atoms with Gasteiger partial charge in [0.05, 0.1) is 0 Å². The second-order valence-corrected chi connectivity index (χ2v) is 4.67. The molecule has 0 saturated heterocycles. The molecule has 1 aliphatic rings. The van der Waals surface area contributed by atoms with E-state index in [2.05, 4.69) is 15.3 Å². The Bertz CT molecular complexity index is 485. The van der Waals surface area contributed by atoms with E-state index in [4.69, 9.17) is 0 Å². The Labute approximate surface area is 115 Å². The maximum absolute atomic E-state index is 12.5. The van der Waals surface area contributed by atoms with Crippen molar-refractivity contribution in [2.45, 2.75) is 19.0 Å². The number of aromatic nitrogens is 1. The van der Waals surface area contributed by atoms with Gasteiger partial charge in [0.2, 0.25) is 0 Å². The summed E-state index contributed by atoms with van der Waals surface area (Å²) in [5, 5.41) is 3.13. The van der Waals surface area contributed by atoms with Crippen LogP contribution in [0.2, 0.25) is 0 Å². The zero-order valence-electron chi connectivity index (χ0n) is 11.2. The number of nitrogens with one attached hydrogen (secondary N) is 1. The first-order valence-corrected chi connectivity index (χ1v) is 6.49. The summed E-state index contributed by atoms with van der Waals surface area (Å²) in [6.45, 7) is 2.24. The lowest BCUT2D eigenvalue weighted by molar-refractivity contribution is -0.141. The van der Waals surface area contributed by atoms with Gasteiger partial charge < -0.3 is 10.2 Å².